The fourth-order valence-electron chi connectivity index (χ4n) is 4.61. The lowest BCUT2D eigenvalue weighted by Crippen LogP contribution is -2.48. The van der Waals surface area contributed by atoms with E-state index in [4.69, 9.17) is 14.2 Å². The second-order valence-corrected chi connectivity index (χ2v) is 8.96. The fourth-order valence-corrected chi connectivity index (χ4v) is 4.61. The van der Waals surface area contributed by atoms with E-state index in [0.29, 0.717) is 0 Å². The minimum Gasteiger partial charge on any atom is -0.624 e. The van der Waals surface area contributed by atoms with Gasteiger partial charge in [0.25, 0.3) is 0 Å². The number of ether oxygens (including phenoxy) is 3. The van der Waals surface area contributed by atoms with Gasteiger partial charge in [0.15, 0.2) is 18.1 Å². The van der Waals surface area contributed by atoms with Crippen LogP contribution >= 0.6 is 0 Å². The number of nitrogens with zero attached hydrogens (tertiary/aromatic N) is 1. The van der Waals surface area contributed by atoms with Crippen molar-refractivity contribution >= 4 is 6.21 Å². The van der Waals surface area contributed by atoms with Gasteiger partial charge in [0.05, 0.1) is 6.61 Å². The lowest BCUT2D eigenvalue weighted by molar-refractivity contribution is -0.421. The molecular weight excluding hydrogens is 426 g/mol. The topological polar surface area (TPSA) is 53.8 Å². The van der Waals surface area contributed by atoms with Crippen LogP contribution in [0.25, 0.3) is 0 Å². The summed E-state index contributed by atoms with van der Waals surface area (Å²) >= 11 is 0. The molecule has 0 radical (unpaired) electrons. The molecule has 2 atom stereocenters. The highest BCUT2D eigenvalue weighted by Gasteiger charge is 2.54. The molecule has 1 heterocycles. The molecule has 5 nitrogen and oxygen atoms in total. The molecule has 1 aliphatic heterocycles. The van der Waals surface area contributed by atoms with E-state index in [1.807, 2.05) is 68.4 Å². The highest BCUT2D eigenvalue weighted by Crippen LogP contribution is 2.44. The number of hydrogen-bond acceptors (Lipinski definition) is 4. The zero-order chi connectivity index (χ0) is 24.2. The maximum Gasteiger partial charge on any atom is 0.183 e. The molecule has 0 unspecified atom stereocenters. The molecule has 3 aromatic rings. The van der Waals surface area contributed by atoms with Gasteiger partial charge in [-0.2, -0.15) is 0 Å². The smallest absolute Gasteiger partial charge is 0.183 e. The molecule has 1 fully saturated rings. The molecule has 0 N–H and O–H groups in total. The highest BCUT2D eigenvalue weighted by molar-refractivity contribution is 5.62. The molecule has 3 aromatic carbocycles. The summed E-state index contributed by atoms with van der Waals surface area (Å²) in [4.78, 5) is 0. The van der Waals surface area contributed by atoms with Crippen LogP contribution in [-0.2, 0) is 19.8 Å². The molecule has 0 amide bonds. The first-order chi connectivity index (χ1) is 16.3. The van der Waals surface area contributed by atoms with Crippen molar-refractivity contribution in [2.75, 3.05) is 13.7 Å². The number of hydroxylamine groups is 1. The van der Waals surface area contributed by atoms with Crippen LogP contribution in [0.5, 0.6) is 0 Å². The van der Waals surface area contributed by atoms with Gasteiger partial charge in [-0.15, -0.1) is 6.58 Å². The Kier molecular flexibility index (Phi) is 6.71. The van der Waals surface area contributed by atoms with Gasteiger partial charge in [0.2, 0.25) is 0 Å². The van der Waals surface area contributed by atoms with Crippen LogP contribution in [0.3, 0.4) is 0 Å². The Labute approximate surface area is 201 Å². The molecule has 0 aromatic heterocycles. The molecule has 1 aliphatic rings. The Morgan fingerprint density at radius 3 is 1.74 bits per heavy atom. The first kappa shape index (κ1) is 23.9. The third-order valence-corrected chi connectivity index (χ3v) is 6.07. The van der Waals surface area contributed by atoms with Crippen molar-refractivity contribution in [1.82, 2.24) is 0 Å². The van der Waals surface area contributed by atoms with Crippen LogP contribution < -0.4 is 0 Å². The Balaban J connectivity index is 1.87. The van der Waals surface area contributed by atoms with Crippen molar-refractivity contribution in [3.63, 3.8) is 0 Å². The lowest BCUT2D eigenvalue weighted by atomic mass is 9.80. The van der Waals surface area contributed by atoms with E-state index in [2.05, 4.69) is 43.0 Å². The van der Waals surface area contributed by atoms with E-state index < -0.39 is 23.1 Å². The molecule has 0 saturated carbocycles. The maximum atomic E-state index is 11.9. The summed E-state index contributed by atoms with van der Waals surface area (Å²) in [5.41, 5.74) is 0.944. The van der Waals surface area contributed by atoms with E-state index >= 15 is 0 Å². The molecule has 5 heteroatoms. The molecule has 0 spiro atoms. The van der Waals surface area contributed by atoms with E-state index in [-0.39, 0.29) is 6.61 Å². The van der Waals surface area contributed by atoms with Crippen LogP contribution in [0, 0.1) is 5.21 Å². The minimum absolute atomic E-state index is 0.105. The van der Waals surface area contributed by atoms with Crippen LogP contribution in [0.2, 0.25) is 0 Å². The normalized spacial score (nSPS) is 22.4. The van der Waals surface area contributed by atoms with E-state index in [1.165, 1.54) is 13.3 Å². The predicted molar refractivity (Wildman–Crippen MR) is 134 cm³/mol. The van der Waals surface area contributed by atoms with Gasteiger partial charge in [0, 0.05) is 0 Å². The summed E-state index contributed by atoms with van der Waals surface area (Å²) in [7, 11) is 1.42. The summed E-state index contributed by atoms with van der Waals surface area (Å²) in [6.45, 7) is 7.78. The molecule has 0 aliphatic carbocycles. The van der Waals surface area contributed by atoms with Crippen LogP contribution in [0.15, 0.2) is 104 Å². The predicted octanol–water partition coefficient (Wildman–Crippen LogP) is 5.28. The zero-order valence-corrected chi connectivity index (χ0v) is 19.9. The Morgan fingerprint density at radius 1 is 0.912 bits per heavy atom. The first-order valence-electron chi connectivity index (χ1n) is 11.4. The SMILES string of the molecule is C=C[C@@]1(COC(c2ccccc2)(c2ccccc2)c2ccccc2)OC(C)(C)O[C@H]1/C=[N+](\C)[O-]. The van der Waals surface area contributed by atoms with Crippen molar-refractivity contribution in [3.05, 3.63) is 126 Å². The molecular formula is C29H31NO4. The third kappa shape index (κ3) is 4.55. The third-order valence-electron chi connectivity index (χ3n) is 6.07. The van der Waals surface area contributed by atoms with Gasteiger partial charge in [-0.05, 0) is 30.5 Å². The quantitative estimate of drug-likeness (QED) is 0.115. The van der Waals surface area contributed by atoms with Gasteiger partial charge in [-0.1, -0.05) is 97.1 Å². The number of rotatable bonds is 8. The average Bonchev–Trinajstić information content (AvgIpc) is 3.10. The lowest BCUT2D eigenvalue weighted by Gasteiger charge is -2.39. The minimum atomic E-state index is -1.06. The van der Waals surface area contributed by atoms with E-state index in [1.54, 1.807) is 6.08 Å². The van der Waals surface area contributed by atoms with Crippen molar-refractivity contribution in [2.24, 2.45) is 0 Å². The Morgan fingerprint density at radius 2 is 1.35 bits per heavy atom. The van der Waals surface area contributed by atoms with Crippen LogP contribution in [-0.4, -0.2) is 42.1 Å². The Hall–Kier alpha value is -3.25. The summed E-state index contributed by atoms with van der Waals surface area (Å²) < 4.78 is 20.1. The summed E-state index contributed by atoms with van der Waals surface area (Å²) in [5.74, 6) is -0.913. The largest absolute Gasteiger partial charge is 0.624 e. The number of hydrogen-bond donors (Lipinski definition) is 0. The molecule has 4 rings (SSSR count). The molecule has 0 bridgehead atoms. The molecule has 34 heavy (non-hydrogen) atoms. The summed E-state index contributed by atoms with van der Waals surface area (Å²) in [6, 6.07) is 30.4. The van der Waals surface area contributed by atoms with Gasteiger partial charge in [-0.3, -0.25) is 0 Å². The Bertz CT molecular complexity index is 1030. The molecule has 1 saturated heterocycles. The van der Waals surface area contributed by atoms with Crippen molar-refractivity contribution in [3.8, 4) is 0 Å². The monoisotopic (exact) mass is 457 g/mol. The maximum absolute atomic E-state index is 11.9. The zero-order valence-electron chi connectivity index (χ0n) is 19.9. The van der Waals surface area contributed by atoms with Crippen LogP contribution in [0.4, 0.5) is 0 Å². The van der Waals surface area contributed by atoms with Crippen LogP contribution in [0.1, 0.15) is 30.5 Å². The highest BCUT2D eigenvalue weighted by atomic mass is 16.8. The second-order valence-electron chi connectivity index (χ2n) is 8.96. The fraction of sp³-hybridized carbons (Fsp3) is 0.276. The van der Waals surface area contributed by atoms with Gasteiger partial charge >= 0.3 is 0 Å². The van der Waals surface area contributed by atoms with Crippen molar-refractivity contribution in [1.29, 1.82) is 0 Å². The van der Waals surface area contributed by atoms with Gasteiger partial charge in [-0.25, -0.2) is 4.74 Å². The first-order valence-corrected chi connectivity index (χ1v) is 11.4. The van der Waals surface area contributed by atoms with E-state index in [0.717, 1.165) is 21.4 Å². The van der Waals surface area contributed by atoms with Crippen molar-refractivity contribution in [2.45, 2.75) is 36.9 Å². The molecule has 176 valence electrons. The second kappa shape index (κ2) is 9.55. The standard InChI is InChI=1S/C29H31NO4/c1-5-28(26(21-30(4)31)33-27(2,3)34-28)22-32-29(23-15-9-6-10-16-23,24-17-11-7-12-18-24)25-19-13-8-14-20-25/h5-21,26H,1,22H2,2-4H3/b30-21+/t26-,28-/m0/s1. The van der Waals surface area contributed by atoms with E-state index in [9.17, 15) is 5.21 Å². The average molecular weight is 458 g/mol. The number of benzene rings is 3. The van der Waals surface area contributed by atoms with Gasteiger partial charge < -0.3 is 19.4 Å². The summed E-state index contributed by atoms with van der Waals surface area (Å²) in [5, 5.41) is 11.9. The van der Waals surface area contributed by atoms with Gasteiger partial charge in [0.1, 0.15) is 18.2 Å². The summed E-state index contributed by atoms with van der Waals surface area (Å²) in [6.07, 6.45) is 2.47. The van der Waals surface area contributed by atoms with Crippen molar-refractivity contribution < 1.29 is 18.9 Å².